The largest absolute Gasteiger partial charge is 0.493 e. The van der Waals surface area contributed by atoms with Crippen molar-refractivity contribution in [2.75, 3.05) is 24.2 Å². The molecule has 21 heavy (non-hydrogen) atoms. The Morgan fingerprint density at radius 2 is 1.90 bits per heavy atom. The second-order valence-corrected chi connectivity index (χ2v) is 5.38. The summed E-state index contributed by atoms with van der Waals surface area (Å²) in [6, 6.07) is 13.6. The van der Waals surface area contributed by atoms with Gasteiger partial charge < -0.3 is 15.8 Å². The normalized spacial score (nSPS) is 10.4. The number of hydrogen-bond donors (Lipinski definition) is 2. The summed E-state index contributed by atoms with van der Waals surface area (Å²) in [5.74, 6) is 0.811. The summed E-state index contributed by atoms with van der Waals surface area (Å²) in [6.45, 7) is 3.61. The third-order valence-electron chi connectivity index (χ3n) is 3.06. The molecule has 4 heteroatoms. The van der Waals surface area contributed by atoms with Crippen molar-refractivity contribution in [1.82, 2.24) is 0 Å². The van der Waals surface area contributed by atoms with E-state index in [0.717, 1.165) is 35.8 Å². The first-order valence-electron chi connectivity index (χ1n) is 7.19. The Labute approximate surface area is 131 Å². The van der Waals surface area contributed by atoms with Crippen molar-refractivity contribution in [2.24, 2.45) is 0 Å². The summed E-state index contributed by atoms with van der Waals surface area (Å²) in [4.78, 5) is 0. The minimum Gasteiger partial charge on any atom is -0.493 e. The van der Waals surface area contributed by atoms with Crippen LogP contribution in [0, 0.1) is 0 Å². The molecule has 3 N–H and O–H groups in total. The van der Waals surface area contributed by atoms with Gasteiger partial charge in [-0.2, -0.15) is 0 Å². The maximum absolute atomic E-state index is 5.90. The van der Waals surface area contributed by atoms with Crippen molar-refractivity contribution in [1.29, 1.82) is 0 Å². The van der Waals surface area contributed by atoms with Crippen LogP contribution in [0.2, 0.25) is 5.02 Å². The van der Waals surface area contributed by atoms with E-state index >= 15 is 0 Å². The number of ether oxygens (including phenoxy) is 1. The maximum Gasteiger partial charge on any atom is 0.123 e. The Morgan fingerprint density at radius 1 is 1.14 bits per heavy atom. The number of nitrogen functional groups attached to an aromatic ring is 1. The van der Waals surface area contributed by atoms with Crippen LogP contribution in [-0.4, -0.2) is 13.2 Å². The van der Waals surface area contributed by atoms with Gasteiger partial charge in [-0.1, -0.05) is 30.7 Å². The molecule has 0 unspecified atom stereocenters. The van der Waals surface area contributed by atoms with Gasteiger partial charge in [-0.3, -0.25) is 0 Å². The molecule has 0 spiro atoms. The molecule has 0 saturated carbocycles. The van der Waals surface area contributed by atoms with Crippen molar-refractivity contribution < 1.29 is 4.74 Å². The van der Waals surface area contributed by atoms with Gasteiger partial charge in [-0.15, -0.1) is 0 Å². The predicted molar refractivity (Wildman–Crippen MR) is 90.3 cm³/mol. The first-order chi connectivity index (χ1) is 10.2. The first kappa shape index (κ1) is 15.5. The van der Waals surface area contributed by atoms with Crippen molar-refractivity contribution in [3.05, 3.63) is 53.1 Å². The smallest absolute Gasteiger partial charge is 0.123 e. The third-order valence-corrected chi connectivity index (χ3v) is 3.31. The minimum atomic E-state index is 0.702. The molecule has 0 aliphatic carbocycles. The molecular weight excluding hydrogens is 284 g/mol. The molecule has 0 aliphatic heterocycles. The van der Waals surface area contributed by atoms with Crippen molar-refractivity contribution in [3.63, 3.8) is 0 Å². The quantitative estimate of drug-likeness (QED) is 0.747. The van der Waals surface area contributed by atoms with Crippen molar-refractivity contribution >= 4 is 23.0 Å². The SMILES string of the molecule is CCCOc1cc(N)cc(NCCc2ccc(Cl)cc2)c1. The van der Waals surface area contributed by atoms with E-state index < -0.39 is 0 Å². The Bertz CT molecular complexity index is 570. The van der Waals surface area contributed by atoms with Gasteiger partial charge in [0.1, 0.15) is 5.75 Å². The Balaban J connectivity index is 1.90. The van der Waals surface area contributed by atoms with Gasteiger partial charge in [0.15, 0.2) is 0 Å². The highest BCUT2D eigenvalue weighted by Gasteiger charge is 2.00. The fraction of sp³-hybridized carbons (Fsp3) is 0.294. The van der Waals surface area contributed by atoms with Gasteiger partial charge in [0.05, 0.1) is 6.61 Å². The van der Waals surface area contributed by atoms with E-state index in [1.807, 2.05) is 42.5 Å². The van der Waals surface area contributed by atoms with Crippen LogP contribution in [0.5, 0.6) is 5.75 Å². The van der Waals surface area contributed by atoms with Crippen molar-refractivity contribution in [3.8, 4) is 5.75 Å². The van der Waals surface area contributed by atoms with Gasteiger partial charge >= 0.3 is 0 Å². The molecule has 0 aliphatic rings. The third kappa shape index (κ3) is 5.20. The highest BCUT2D eigenvalue weighted by molar-refractivity contribution is 6.30. The molecule has 0 fully saturated rings. The van der Waals surface area contributed by atoms with E-state index in [9.17, 15) is 0 Å². The monoisotopic (exact) mass is 304 g/mol. The molecule has 0 atom stereocenters. The Hall–Kier alpha value is -1.87. The van der Waals surface area contributed by atoms with Gasteiger partial charge in [-0.25, -0.2) is 0 Å². The molecule has 0 aromatic heterocycles. The highest BCUT2D eigenvalue weighted by atomic mass is 35.5. The van der Waals surface area contributed by atoms with Crippen LogP contribution in [0.25, 0.3) is 0 Å². The van der Waals surface area contributed by atoms with Crippen LogP contribution in [0.15, 0.2) is 42.5 Å². The average molecular weight is 305 g/mol. The summed E-state index contributed by atoms with van der Waals surface area (Å²) < 4.78 is 5.62. The van der Waals surface area contributed by atoms with Gasteiger partial charge in [0.25, 0.3) is 0 Å². The number of anilines is 2. The molecule has 2 rings (SSSR count). The van der Waals surface area contributed by atoms with Crippen LogP contribution in [-0.2, 0) is 6.42 Å². The standard InChI is InChI=1S/C17H21ClN2O/c1-2-9-21-17-11-15(19)10-16(12-17)20-8-7-13-3-5-14(18)6-4-13/h3-6,10-12,20H,2,7-9,19H2,1H3. The lowest BCUT2D eigenvalue weighted by Gasteiger charge is -2.11. The van der Waals surface area contributed by atoms with Gasteiger partial charge in [0.2, 0.25) is 0 Å². The summed E-state index contributed by atoms with van der Waals surface area (Å²) in [7, 11) is 0. The van der Waals surface area contributed by atoms with E-state index in [1.54, 1.807) is 0 Å². The number of halogens is 1. The maximum atomic E-state index is 5.90. The zero-order valence-corrected chi connectivity index (χ0v) is 13.0. The Kier molecular flexibility index (Phi) is 5.76. The molecule has 2 aromatic rings. The lowest BCUT2D eigenvalue weighted by molar-refractivity contribution is 0.318. The van der Waals surface area contributed by atoms with Crippen LogP contribution in [0.4, 0.5) is 11.4 Å². The van der Waals surface area contributed by atoms with E-state index in [-0.39, 0.29) is 0 Å². The minimum absolute atomic E-state index is 0.702. The number of nitrogens with two attached hydrogens (primary N) is 1. The van der Waals surface area contributed by atoms with E-state index in [0.29, 0.717) is 12.3 Å². The number of rotatable bonds is 7. The molecule has 0 bridgehead atoms. The molecular formula is C17H21ClN2O. The Morgan fingerprint density at radius 3 is 2.62 bits per heavy atom. The van der Waals surface area contributed by atoms with Crippen molar-refractivity contribution in [2.45, 2.75) is 19.8 Å². The number of benzene rings is 2. The van der Waals surface area contributed by atoms with Crippen LogP contribution in [0.3, 0.4) is 0 Å². The number of nitrogens with one attached hydrogen (secondary N) is 1. The number of hydrogen-bond acceptors (Lipinski definition) is 3. The molecule has 3 nitrogen and oxygen atoms in total. The summed E-state index contributed by atoms with van der Waals surface area (Å²) in [5.41, 5.74) is 8.83. The molecule has 0 radical (unpaired) electrons. The zero-order chi connectivity index (χ0) is 15.1. The van der Waals surface area contributed by atoms with E-state index in [1.165, 1.54) is 5.56 Å². The summed E-state index contributed by atoms with van der Waals surface area (Å²) >= 11 is 5.87. The van der Waals surface area contributed by atoms with Crippen LogP contribution < -0.4 is 15.8 Å². The summed E-state index contributed by atoms with van der Waals surface area (Å²) in [6.07, 6.45) is 1.91. The zero-order valence-electron chi connectivity index (χ0n) is 12.2. The van der Waals surface area contributed by atoms with Crippen LogP contribution >= 0.6 is 11.6 Å². The molecule has 0 amide bonds. The fourth-order valence-electron chi connectivity index (χ4n) is 2.03. The second kappa shape index (κ2) is 7.79. The predicted octanol–water partition coefficient (Wildman–Crippen LogP) is 4.37. The molecule has 2 aromatic carbocycles. The van der Waals surface area contributed by atoms with Gasteiger partial charge in [-0.05, 0) is 36.6 Å². The van der Waals surface area contributed by atoms with E-state index in [2.05, 4.69) is 12.2 Å². The lowest BCUT2D eigenvalue weighted by Crippen LogP contribution is -2.06. The molecule has 0 heterocycles. The fourth-order valence-corrected chi connectivity index (χ4v) is 2.16. The topological polar surface area (TPSA) is 47.3 Å². The van der Waals surface area contributed by atoms with E-state index in [4.69, 9.17) is 22.1 Å². The lowest BCUT2D eigenvalue weighted by atomic mass is 10.1. The average Bonchev–Trinajstić information content (AvgIpc) is 2.47. The van der Waals surface area contributed by atoms with Crippen LogP contribution in [0.1, 0.15) is 18.9 Å². The second-order valence-electron chi connectivity index (χ2n) is 4.94. The molecule has 112 valence electrons. The summed E-state index contributed by atoms with van der Waals surface area (Å²) in [5, 5.41) is 4.14. The van der Waals surface area contributed by atoms with Gasteiger partial charge in [0, 0.05) is 35.1 Å². The first-order valence-corrected chi connectivity index (χ1v) is 7.57. The highest BCUT2D eigenvalue weighted by Crippen LogP contribution is 2.22. The molecule has 0 saturated heterocycles.